The molecule has 0 saturated heterocycles. The highest BCUT2D eigenvalue weighted by Gasteiger charge is 2.13. The Morgan fingerprint density at radius 1 is 1.42 bits per heavy atom. The first-order chi connectivity index (χ1) is 9.20. The summed E-state index contributed by atoms with van der Waals surface area (Å²) in [5, 5.41) is 12.8. The van der Waals surface area contributed by atoms with E-state index in [0.29, 0.717) is 12.4 Å². The Morgan fingerprint density at radius 2 is 2.21 bits per heavy atom. The van der Waals surface area contributed by atoms with E-state index in [4.69, 9.17) is 9.84 Å². The van der Waals surface area contributed by atoms with Crippen LogP contribution in [-0.4, -0.2) is 40.8 Å². The number of carbonyl (C=O) groups is 1. The van der Waals surface area contributed by atoms with Crippen LogP contribution in [0.25, 0.3) is 10.9 Å². The van der Waals surface area contributed by atoms with E-state index < -0.39 is 12.1 Å². The highest BCUT2D eigenvalue weighted by Crippen LogP contribution is 2.18. The third-order valence-electron chi connectivity index (χ3n) is 2.78. The number of benzene rings is 1. The monoisotopic (exact) mass is 261 g/mol. The van der Waals surface area contributed by atoms with Gasteiger partial charge in [0.25, 0.3) is 0 Å². The minimum Gasteiger partial charge on any atom is -0.481 e. The minimum atomic E-state index is -0.888. The first kappa shape index (κ1) is 13.2. The average Bonchev–Trinajstić information content (AvgIpc) is 2.43. The van der Waals surface area contributed by atoms with E-state index in [1.807, 2.05) is 24.3 Å². The summed E-state index contributed by atoms with van der Waals surface area (Å²) >= 11 is 0. The van der Waals surface area contributed by atoms with Crippen LogP contribution in [0.3, 0.4) is 0 Å². The molecule has 0 amide bonds. The molecule has 0 saturated carbocycles. The standard InChI is InChI=1S/C13H15N3O3/c1-19-9(6-12(17)18)7-14-13-10-4-2-3-5-11(10)15-8-16-13/h2-5,8-9H,6-7H2,1H3,(H,17,18)(H,14,15,16). The van der Waals surface area contributed by atoms with Gasteiger partial charge in [-0.15, -0.1) is 0 Å². The van der Waals surface area contributed by atoms with Gasteiger partial charge in [-0.3, -0.25) is 4.79 Å². The van der Waals surface area contributed by atoms with E-state index in [-0.39, 0.29) is 6.42 Å². The van der Waals surface area contributed by atoms with Crippen molar-refractivity contribution in [2.24, 2.45) is 0 Å². The fourth-order valence-corrected chi connectivity index (χ4v) is 1.79. The summed E-state index contributed by atoms with van der Waals surface area (Å²) in [4.78, 5) is 19.0. The van der Waals surface area contributed by atoms with Crippen molar-refractivity contribution in [3.05, 3.63) is 30.6 Å². The molecule has 0 aliphatic rings. The van der Waals surface area contributed by atoms with Gasteiger partial charge in [-0.05, 0) is 12.1 Å². The number of nitrogens with zero attached hydrogens (tertiary/aromatic N) is 2. The molecule has 2 rings (SSSR count). The zero-order valence-corrected chi connectivity index (χ0v) is 10.5. The second kappa shape index (κ2) is 6.10. The van der Waals surface area contributed by atoms with Gasteiger partial charge in [0.1, 0.15) is 12.1 Å². The molecule has 0 spiro atoms. The summed E-state index contributed by atoms with van der Waals surface area (Å²) < 4.78 is 5.11. The smallest absolute Gasteiger partial charge is 0.306 e. The predicted octanol–water partition coefficient (Wildman–Crippen LogP) is 1.53. The topological polar surface area (TPSA) is 84.3 Å². The second-order valence-corrected chi connectivity index (χ2v) is 4.08. The Labute approximate surface area is 110 Å². The summed E-state index contributed by atoms with van der Waals surface area (Å²) in [5.41, 5.74) is 0.840. The Balaban J connectivity index is 2.11. The largest absolute Gasteiger partial charge is 0.481 e. The van der Waals surface area contributed by atoms with Crippen molar-refractivity contribution < 1.29 is 14.6 Å². The number of methoxy groups -OCH3 is 1. The number of hydrogen-bond donors (Lipinski definition) is 2. The molecule has 1 aromatic heterocycles. The van der Waals surface area contributed by atoms with E-state index in [9.17, 15) is 4.79 Å². The SMILES string of the molecule is COC(CNc1ncnc2ccccc12)CC(=O)O. The number of nitrogens with one attached hydrogen (secondary N) is 1. The fourth-order valence-electron chi connectivity index (χ4n) is 1.79. The Bertz CT molecular complexity index is 569. The first-order valence-electron chi connectivity index (χ1n) is 5.89. The average molecular weight is 261 g/mol. The molecule has 19 heavy (non-hydrogen) atoms. The van der Waals surface area contributed by atoms with Crippen molar-refractivity contribution in [1.29, 1.82) is 0 Å². The molecule has 1 aromatic carbocycles. The highest BCUT2D eigenvalue weighted by atomic mass is 16.5. The molecule has 0 aliphatic heterocycles. The number of rotatable bonds is 6. The number of ether oxygens (including phenoxy) is 1. The van der Waals surface area contributed by atoms with Crippen molar-refractivity contribution in [3.63, 3.8) is 0 Å². The quantitative estimate of drug-likeness (QED) is 0.820. The molecule has 6 heteroatoms. The fraction of sp³-hybridized carbons (Fsp3) is 0.308. The van der Waals surface area contributed by atoms with Crippen LogP contribution in [-0.2, 0) is 9.53 Å². The zero-order valence-electron chi connectivity index (χ0n) is 10.5. The van der Waals surface area contributed by atoms with Crippen LogP contribution in [0, 0.1) is 0 Å². The molecular formula is C13H15N3O3. The second-order valence-electron chi connectivity index (χ2n) is 4.08. The molecule has 6 nitrogen and oxygen atoms in total. The lowest BCUT2D eigenvalue weighted by Crippen LogP contribution is -2.25. The van der Waals surface area contributed by atoms with Crippen LogP contribution in [0.1, 0.15) is 6.42 Å². The predicted molar refractivity (Wildman–Crippen MR) is 71.1 cm³/mol. The molecule has 0 bridgehead atoms. The van der Waals surface area contributed by atoms with Crippen LogP contribution >= 0.6 is 0 Å². The zero-order chi connectivity index (χ0) is 13.7. The molecule has 2 N–H and O–H groups in total. The summed E-state index contributed by atoms with van der Waals surface area (Å²) in [6, 6.07) is 7.62. The molecule has 0 aliphatic carbocycles. The molecular weight excluding hydrogens is 246 g/mol. The van der Waals surface area contributed by atoms with E-state index in [1.54, 1.807) is 0 Å². The van der Waals surface area contributed by atoms with E-state index in [0.717, 1.165) is 10.9 Å². The van der Waals surface area contributed by atoms with Gasteiger partial charge in [0.15, 0.2) is 0 Å². The summed E-state index contributed by atoms with van der Waals surface area (Å²) in [7, 11) is 1.49. The van der Waals surface area contributed by atoms with Gasteiger partial charge >= 0.3 is 5.97 Å². The van der Waals surface area contributed by atoms with Gasteiger partial charge < -0.3 is 15.2 Å². The lowest BCUT2D eigenvalue weighted by Gasteiger charge is -2.15. The Hall–Kier alpha value is -2.21. The number of aromatic nitrogens is 2. The molecule has 0 fully saturated rings. The lowest BCUT2D eigenvalue weighted by molar-refractivity contribution is -0.139. The maximum Gasteiger partial charge on any atom is 0.306 e. The van der Waals surface area contributed by atoms with E-state index in [2.05, 4.69) is 15.3 Å². The van der Waals surface area contributed by atoms with Gasteiger partial charge in [0, 0.05) is 19.0 Å². The Morgan fingerprint density at radius 3 is 2.95 bits per heavy atom. The number of fused-ring (bicyclic) bond motifs is 1. The van der Waals surface area contributed by atoms with E-state index >= 15 is 0 Å². The molecule has 1 unspecified atom stereocenters. The van der Waals surface area contributed by atoms with Crippen LogP contribution in [0.2, 0.25) is 0 Å². The van der Waals surface area contributed by atoms with Crippen LogP contribution in [0.4, 0.5) is 5.82 Å². The number of carboxylic acids is 1. The summed E-state index contributed by atoms with van der Waals surface area (Å²) in [6.45, 7) is 0.379. The van der Waals surface area contributed by atoms with Crippen LogP contribution < -0.4 is 5.32 Å². The molecule has 0 radical (unpaired) electrons. The highest BCUT2D eigenvalue weighted by molar-refractivity contribution is 5.88. The van der Waals surface area contributed by atoms with Crippen molar-refractivity contribution in [2.75, 3.05) is 19.0 Å². The summed E-state index contributed by atoms with van der Waals surface area (Å²) in [6.07, 6.45) is 1.03. The first-order valence-corrected chi connectivity index (χ1v) is 5.89. The molecule has 2 aromatic rings. The number of aliphatic carboxylic acids is 1. The van der Waals surface area contributed by atoms with Gasteiger partial charge in [-0.1, -0.05) is 12.1 Å². The van der Waals surface area contributed by atoms with Crippen molar-refractivity contribution >= 4 is 22.7 Å². The minimum absolute atomic E-state index is 0.0491. The Kier molecular flexibility index (Phi) is 4.25. The molecule has 100 valence electrons. The van der Waals surface area contributed by atoms with Crippen molar-refractivity contribution in [3.8, 4) is 0 Å². The number of para-hydroxylation sites is 1. The van der Waals surface area contributed by atoms with Crippen LogP contribution in [0.5, 0.6) is 0 Å². The third-order valence-corrected chi connectivity index (χ3v) is 2.78. The van der Waals surface area contributed by atoms with Crippen LogP contribution in [0.15, 0.2) is 30.6 Å². The normalized spacial score (nSPS) is 12.3. The summed E-state index contributed by atoms with van der Waals surface area (Å²) in [5.74, 6) is -0.209. The number of hydrogen-bond acceptors (Lipinski definition) is 5. The number of anilines is 1. The third kappa shape index (κ3) is 3.38. The lowest BCUT2D eigenvalue weighted by atomic mass is 10.2. The van der Waals surface area contributed by atoms with Gasteiger partial charge in [-0.2, -0.15) is 0 Å². The van der Waals surface area contributed by atoms with Crippen molar-refractivity contribution in [1.82, 2.24) is 9.97 Å². The van der Waals surface area contributed by atoms with Gasteiger partial charge in [0.2, 0.25) is 0 Å². The molecule has 1 heterocycles. The maximum absolute atomic E-state index is 10.7. The van der Waals surface area contributed by atoms with E-state index in [1.165, 1.54) is 13.4 Å². The maximum atomic E-state index is 10.7. The molecule has 1 atom stereocenters. The number of carboxylic acid groups (broad SMARTS) is 1. The van der Waals surface area contributed by atoms with Crippen molar-refractivity contribution in [2.45, 2.75) is 12.5 Å². The van der Waals surface area contributed by atoms with Gasteiger partial charge in [-0.25, -0.2) is 9.97 Å². The van der Waals surface area contributed by atoms with Gasteiger partial charge in [0.05, 0.1) is 18.0 Å².